The topological polar surface area (TPSA) is 18.5 Å². The standard InChI is InChI=1S/C18H35BO2/c1-8-10-17(3,4)12-13-14(18(5,6)11-9-2)15(20-7)16(19)21-13/h13-16H,8-12H2,1-7H3/t13-,14?,15-,16-/m1/s1. The average Bonchev–Trinajstić information content (AvgIpc) is 2.64. The van der Waals surface area contributed by atoms with E-state index in [4.69, 9.17) is 17.3 Å². The van der Waals surface area contributed by atoms with Crippen molar-refractivity contribution in [3.63, 3.8) is 0 Å². The summed E-state index contributed by atoms with van der Waals surface area (Å²) in [6, 6.07) is -0.293. The van der Waals surface area contributed by atoms with Gasteiger partial charge in [0.1, 0.15) is 7.85 Å². The minimum atomic E-state index is -0.293. The second-order valence-electron chi connectivity index (χ2n) is 8.22. The average molecular weight is 294 g/mol. The van der Waals surface area contributed by atoms with Crippen LogP contribution in [0.3, 0.4) is 0 Å². The summed E-state index contributed by atoms with van der Waals surface area (Å²) in [4.78, 5) is 0. The molecule has 0 amide bonds. The van der Waals surface area contributed by atoms with Crippen molar-refractivity contribution in [2.75, 3.05) is 7.11 Å². The van der Waals surface area contributed by atoms with Crippen LogP contribution < -0.4 is 0 Å². The van der Waals surface area contributed by atoms with Gasteiger partial charge in [-0.1, -0.05) is 54.4 Å². The second-order valence-corrected chi connectivity index (χ2v) is 8.22. The Morgan fingerprint density at radius 2 is 1.62 bits per heavy atom. The SMILES string of the molecule is [B][C@@H]1O[C@H](CC(C)(C)CCC)C(C(C)(C)CCC)[C@H]1OC. The van der Waals surface area contributed by atoms with Gasteiger partial charge in [-0.25, -0.2) is 0 Å². The van der Waals surface area contributed by atoms with Crippen molar-refractivity contribution in [3.8, 4) is 0 Å². The van der Waals surface area contributed by atoms with Gasteiger partial charge >= 0.3 is 0 Å². The normalized spacial score (nSPS) is 30.8. The molecule has 0 aliphatic carbocycles. The molecule has 0 aromatic rings. The smallest absolute Gasteiger partial charge is 0.112 e. The maximum Gasteiger partial charge on any atom is 0.112 e. The van der Waals surface area contributed by atoms with Gasteiger partial charge in [0.15, 0.2) is 0 Å². The van der Waals surface area contributed by atoms with E-state index in [1.807, 2.05) is 0 Å². The molecule has 1 aliphatic heterocycles. The molecule has 0 aromatic heterocycles. The summed E-state index contributed by atoms with van der Waals surface area (Å²) in [5.74, 6) is 0.369. The van der Waals surface area contributed by atoms with Gasteiger partial charge in [0.2, 0.25) is 0 Å². The maximum atomic E-state index is 6.21. The highest BCUT2D eigenvalue weighted by Gasteiger charge is 2.50. The zero-order chi connectivity index (χ0) is 16.3. The molecule has 0 bridgehead atoms. The first-order valence-electron chi connectivity index (χ1n) is 8.62. The molecular formula is C18H35BO2. The van der Waals surface area contributed by atoms with Crippen LogP contribution in [-0.2, 0) is 9.47 Å². The van der Waals surface area contributed by atoms with Gasteiger partial charge in [-0.05, 0) is 30.1 Å². The molecule has 2 nitrogen and oxygen atoms in total. The minimum absolute atomic E-state index is 0.00831. The van der Waals surface area contributed by atoms with E-state index in [1.165, 1.54) is 25.7 Å². The lowest BCUT2D eigenvalue weighted by molar-refractivity contribution is -0.00306. The lowest BCUT2D eigenvalue weighted by atomic mass is 9.66. The summed E-state index contributed by atoms with van der Waals surface area (Å²) in [7, 11) is 7.98. The van der Waals surface area contributed by atoms with Crippen LogP contribution in [0.15, 0.2) is 0 Å². The molecule has 21 heavy (non-hydrogen) atoms. The van der Waals surface area contributed by atoms with E-state index in [1.54, 1.807) is 7.11 Å². The van der Waals surface area contributed by atoms with Crippen LogP contribution in [0.1, 0.15) is 73.6 Å². The van der Waals surface area contributed by atoms with E-state index < -0.39 is 0 Å². The van der Waals surface area contributed by atoms with Crippen LogP contribution in [0, 0.1) is 16.7 Å². The maximum absolute atomic E-state index is 6.21. The van der Waals surface area contributed by atoms with Gasteiger partial charge in [0, 0.05) is 19.0 Å². The van der Waals surface area contributed by atoms with Crippen molar-refractivity contribution in [3.05, 3.63) is 0 Å². The number of methoxy groups -OCH3 is 1. The highest BCUT2D eigenvalue weighted by atomic mass is 16.6. The Morgan fingerprint density at radius 3 is 2.10 bits per heavy atom. The van der Waals surface area contributed by atoms with Crippen molar-refractivity contribution < 1.29 is 9.47 Å². The first-order valence-corrected chi connectivity index (χ1v) is 8.62. The molecule has 122 valence electrons. The molecule has 3 heteroatoms. The van der Waals surface area contributed by atoms with Crippen LogP contribution in [0.4, 0.5) is 0 Å². The molecule has 1 saturated heterocycles. The van der Waals surface area contributed by atoms with Gasteiger partial charge < -0.3 is 9.47 Å². The lowest BCUT2D eigenvalue weighted by Crippen LogP contribution is -2.41. The monoisotopic (exact) mass is 294 g/mol. The van der Waals surface area contributed by atoms with Gasteiger partial charge in [0.05, 0.1) is 12.2 Å². The molecule has 0 aromatic carbocycles. The second kappa shape index (κ2) is 7.50. The Morgan fingerprint density at radius 1 is 1.05 bits per heavy atom. The van der Waals surface area contributed by atoms with E-state index in [0.717, 1.165) is 6.42 Å². The molecule has 1 fully saturated rings. The third-order valence-corrected chi connectivity index (χ3v) is 5.16. The third kappa shape index (κ3) is 4.73. The molecule has 1 aliphatic rings. The lowest BCUT2D eigenvalue weighted by Gasteiger charge is -2.40. The Hall–Kier alpha value is -0.0151. The number of ether oxygens (including phenoxy) is 2. The predicted molar refractivity (Wildman–Crippen MR) is 90.7 cm³/mol. The fourth-order valence-corrected chi connectivity index (χ4v) is 4.32. The first-order chi connectivity index (χ1) is 9.68. The van der Waals surface area contributed by atoms with Crippen LogP contribution in [-0.4, -0.2) is 33.2 Å². The number of rotatable bonds is 8. The molecule has 0 saturated carbocycles. The van der Waals surface area contributed by atoms with Crippen LogP contribution in [0.5, 0.6) is 0 Å². The van der Waals surface area contributed by atoms with Crippen LogP contribution in [0.25, 0.3) is 0 Å². The van der Waals surface area contributed by atoms with Gasteiger partial charge in [-0.15, -0.1) is 0 Å². The van der Waals surface area contributed by atoms with Crippen molar-refractivity contribution in [2.24, 2.45) is 16.7 Å². The van der Waals surface area contributed by atoms with Gasteiger partial charge in [-0.2, -0.15) is 0 Å². The highest BCUT2D eigenvalue weighted by molar-refractivity contribution is 6.11. The summed E-state index contributed by atoms with van der Waals surface area (Å²) in [6.45, 7) is 13.9. The largest absolute Gasteiger partial charge is 0.382 e. The molecule has 1 unspecified atom stereocenters. The summed E-state index contributed by atoms with van der Waals surface area (Å²) < 4.78 is 11.9. The molecule has 0 N–H and O–H groups in total. The predicted octanol–water partition coefficient (Wildman–Crippen LogP) is 4.55. The van der Waals surface area contributed by atoms with Gasteiger partial charge in [-0.3, -0.25) is 0 Å². The van der Waals surface area contributed by atoms with E-state index >= 15 is 0 Å². The third-order valence-electron chi connectivity index (χ3n) is 5.16. The summed E-state index contributed by atoms with van der Waals surface area (Å²) >= 11 is 0. The summed E-state index contributed by atoms with van der Waals surface area (Å²) in [5.41, 5.74) is 0.485. The zero-order valence-corrected chi connectivity index (χ0v) is 15.2. The van der Waals surface area contributed by atoms with E-state index in [-0.39, 0.29) is 23.6 Å². The quantitative estimate of drug-likeness (QED) is 0.611. The first kappa shape index (κ1) is 19.0. The molecular weight excluding hydrogens is 259 g/mol. The molecule has 4 atom stereocenters. The molecule has 0 spiro atoms. The summed E-state index contributed by atoms with van der Waals surface area (Å²) in [6.07, 6.45) is 6.07. The van der Waals surface area contributed by atoms with Crippen molar-refractivity contribution in [1.82, 2.24) is 0 Å². The Kier molecular flexibility index (Phi) is 6.80. The summed E-state index contributed by atoms with van der Waals surface area (Å²) in [5, 5.41) is 0. The highest BCUT2D eigenvalue weighted by Crippen LogP contribution is 2.47. The van der Waals surface area contributed by atoms with E-state index in [2.05, 4.69) is 41.5 Å². The Labute approximate surface area is 133 Å². The van der Waals surface area contributed by atoms with E-state index in [9.17, 15) is 0 Å². The van der Waals surface area contributed by atoms with Crippen molar-refractivity contribution >= 4 is 7.85 Å². The molecule has 1 rings (SSSR count). The minimum Gasteiger partial charge on any atom is -0.382 e. The zero-order valence-electron chi connectivity index (χ0n) is 15.2. The fraction of sp³-hybridized carbons (Fsp3) is 1.00. The van der Waals surface area contributed by atoms with Crippen molar-refractivity contribution in [2.45, 2.75) is 91.9 Å². The van der Waals surface area contributed by atoms with Gasteiger partial charge in [0.25, 0.3) is 0 Å². The molecule has 2 radical (unpaired) electrons. The van der Waals surface area contributed by atoms with Crippen molar-refractivity contribution in [1.29, 1.82) is 0 Å². The van der Waals surface area contributed by atoms with Crippen LogP contribution >= 0.6 is 0 Å². The Balaban J connectivity index is 2.95. The van der Waals surface area contributed by atoms with Crippen LogP contribution in [0.2, 0.25) is 0 Å². The number of hydrogen-bond acceptors (Lipinski definition) is 2. The Bertz CT molecular complexity index is 314. The molecule has 1 heterocycles. The number of hydrogen-bond donors (Lipinski definition) is 0. The van der Waals surface area contributed by atoms with E-state index in [0.29, 0.717) is 11.3 Å². The fourth-order valence-electron chi connectivity index (χ4n) is 4.32.